The van der Waals surface area contributed by atoms with Gasteiger partial charge in [0.15, 0.2) is 6.29 Å². The van der Waals surface area contributed by atoms with E-state index in [4.69, 9.17) is 14.2 Å². The molecule has 114 valence electrons. The predicted molar refractivity (Wildman–Crippen MR) is 84.3 cm³/mol. The van der Waals surface area contributed by atoms with E-state index in [0.29, 0.717) is 0 Å². The standard InChI is InChI=1S/C15H24BrNO3/c1-5-8-17-13(15(19-3)20-4)10-11-9-12(16)6-7-14(11)18-2/h6-7,9,13,15,17H,5,8,10H2,1-4H3. The zero-order valence-corrected chi connectivity index (χ0v) is 14.2. The summed E-state index contributed by atoms with van der Waals surface area (Å²) in [5, 5.41) is 3.47. The molecule has 1 atom stereocenters. The van der Waals surface area contributed by atoms with E-state index in [2.05, 4.69) is 34.2 Å². The molecule has 20 heavy (non-hydrogen) atoms. The van der Waals surface area contributed by atoms with Crippen LogP contribution in [0.1, 0.15) is 18.9 Å². The molecule has 1 unspecified atom stereocenters. The maximum atomic E-state index is 5.42. The average Bonchev–Trinajstić information content (AvgIpc) is 2.46. The molecule has 1 rings (SSSR count). The van der Waals surface area contributed by atoms with Crippen LogP contribution in [0.2, 0.25) is 0 Å². The Morgan fingerprint density at radius 2 is 1.90 bits per heavy atom. The van der Waals surface area contributed by atoms with Crippen LogP contribution in [0.25, 0.3) is 0 Å². The number of rotatable bonds is 9. The third-order valence-corrected chi connectivity index (χ3v) is 3.63. The summed E-state index contributed by atoms with van der Waals surface area (Å²) in [5.74, 6) is 0.877. The molecule has 0 bridgehead atoms. The molecule has 0 aliphatic rings. The van der Waals surface area contributed by atoms with Crippen LogP contribution >= 0.6 is 15.9 Å². The molecular formula is C15H24BrNO3. The van der Waals surface area contributed by atoms with Gasteiger partial charge in [-0.05, 0) is 43.1 Å². The van der Waals surface area contributed by atoms with E-state index in [-0.39, 0.29) is 12.3 Å². The Bertz CT molecular complexity index is 397. The Kier molecular flexibility index (Phi) is 8.14. The van der Waals surface area contributed by atoms with Crippen molar-refractivity contribution >= 4 is 15.9 Å². The van der Waals surface area contributed by atoms with Crippen molar-refractivity contribution in [3.63, 3.8) is 0 Å². The Morgan fingerprint density at radius 3 is 2.45 bits per heavy atom. The summed E-state index contributed by atoms with van der Waals surface area (Å²) in [7, 11) is 5.01. The molecule has 0 aromatic heterocycles. The van der Waals surface area contributed by atoms with E-state index in [1.165, 1.54) is 0 Å². The lowest BCUT2D eigenvalue weighted by Gasteiger charge is -2.26. The van der Waals surface area contributed by atoms with Gasteiger partial charge in [0, 0.05) is 18.7 Å². The summed E-state index contributed by atoms with van der Waals surface area (Å²) in [4.78, 5) is 0. The maximum absolute atomic E-state index is 5.42. The number of methoxy groups -OCH3 is 3. The first-order valence-corrected chi connectivity index (χ1v) is 7.56. The molecule has 1 aromatic rings. The summed E-state index contributed by atoms with van der Waals surface area (Å²) in [6, 6.07) is 6.08. The number of benzene rings is 1. The van der Waals surface area contributed by atoms with Gasteiger partial charge < -0.3 is 19.5 Å². The zero-order valence-electron chi connectivity index (χ0n) is 12.6. The van der Waals surface area contributed by atoms with Crippen LogP contribution in [0.4, 0.5) is 0 Å². The smallest absolute Gasteiger partial charge is 0.172 e. The summed E-state index contributed by atoms with van der Waals surface area (Å²) in [6.45, 7) is 3.06. The minimum atomic E-state index is -0.287. The van der Waals surface area contributed by atoms with E-state index in [1.54, 1.807) is 21.3 Å². The molecule has 5 heteroatoms. The molecule has 1 N–H and O–H groups in total. The second-order valence-electron chi connectivity index (χ2n) is 4.56. The highest BCUT2D eigenvalue weighted by Gasteiger charge is 2.22. The van der Waals surface area contributed by atoms with Crippen molar-refractivity contribution in [3.05, 3.63) is 28.2 Å². The first-order chi connectivity index (χ1) is 9.65. The predicted octanol–water partition coefficient (Wildman–Crippen LogP) is 2.99. The molecular weight excluding hydrogens is 322 g/mol. The van der Waals surface area contributed by atoms with E-state index in [0.717, 1.165) is 35.2 Å². The van der Waals surface area contributed by atoms with Crippen molar-refractivity contribution in [3.8, 4) is 5.75 Å². The van der Waals surface area contributed by atoms with Gasteiger partial charge in [0.2, 0.25) is 0 Å². The summed E-state index contributed by atoms with van der Waals surface area (Å²) in [5.41, 5.74) is 1.12. The Labute approximate surface area is 129 Å². The Morgan fingerprint density at radius 1 is 1.20 bits per heavy atom. The third-order valence-electron chi connectivity index (χ3n) is 3.13. The first kappa shape index (κ1) is 17.4. The first-order valence-electron chi connectivity index (χ1n) is 6.77. The van der Waals surface area contributed by atoms with E-state index < -0.39 is 0 Å². The maximum Gasteiger partial charge on any atom is 0.172 e. The van der Waals surface area contributed by atoms with Crippen molar-refractivity contribution in [1.29, 1.82) is 0 Å². The highest BCUT2D eigenvalue weighted by Crippen LogP contribution is 2.25. The van der Waals surface area contributed by atoms with Crippen LogP contribution in [-0.4, -0.2) is 40.2 Å². The van der Waals surface area contributed by atoms with E-state index in [1.807, 2.05) is 12.1 Å². The second kappa shape index (κ2) is 9.34. The highest BCUT2D eigenvalue weighted by molar-refractivity contribution is 9.10. The van der Waals surface area contributed by atoms with Gasteiger partial charge in [0.1, 0.15) is 5.75 Å². The minimum absolute atomic E-state index is 0.0770. The fraction of sp³-hybridized carbons (Fsp3) is 0.600. The van der Waals surface area contributed by atoms with Crippen molar-refractivity contribution in [2.45, 2.75) is 32.1 Å². The van der Waals surface area contributed by atoms with E-state index in [9.17, 15) is 0 Å². The quantitative estimate of drug-likeness (QED) is 0.698. The summed E-state index contributed by atoms with van der Waals surface area (Å²) < 4.78 is 17.3. The van der Waals surface area contributed by atoms with Crippen molar-refractivity contribution in [2.24, 2.45) is 0 Å². The fourth-order valence-corrected chi connectivity index (χ4v) is 2.57. The van der Waals surface area contributed by atoms with Crippen LogP contribution in [0.15, 0.2) is 22.7 Å². The molecule has 0 amide bonds. The van der Waals surface area contributed by atoms with Gasteiger partial charge in [-0.15, -0.1) is 0 Å². The molecule has 0 aliphatic heterocycles. The van der Waals surface area contributed by atoms with Crippen molar-refractivity contribution < 1.29 is 14.2 Å². The van der Waals surface area contributed by atoms with Crippen LogP contribution in [0.3, 0.4) is 0 Å². The Balaban J connectivity index is 2.90. The number of ether oxygens (including phenoxy) is 3. The molecule has 4 nitrogen and oxygen atoms in total. The van der Waals surface area contributed by atoms with Gasteiger partial charge in [-0.1, -0.05) is 22.9 Å². The van der Waals surface area contributed by atoms with Crippen LogP contribution < -0.4 is 10.1 Å². The van der Waals surface area contributed by atoms with Crippen LogP contribution in [0.5, 0.6) is 5.75 Å². The fourth-order valence-electron chi connectivity index (χ4n) is 2.16. The molecule has 0 fully saturated rings. The molecule has 0 saturated carbocycles. The van der Waals surface area contributed by atoms with Gasteiger partial charge in [-0.25, -0.2) is 0 Å². The topological polar surface area (TPSA) is 39.7 Å². The molecule has 0 heterocycles. The average molecular weight is 346 g/mol. The SMILES string of the molecule is CCCNC(Cc1cc(Br)ccc1OC)C(OC)OC. The van der Waals surface area contributed by atoms with Crippen LogP contribution in [-0.2, 0) is 15.9 Å². The molecule has 0 radical (unpaired) electrons. The monoisotopic (exact) mass is 345 g/mol. The molecule has 1 aromatic carbocycles. The minimum Gasteiger partial charge on any atom is -0.496 e. The summed E-state index contributed by atoms with van der Waals surface area (Å²) in [6.07, 6.45) is 1.55. The lowest BCUT2D eigenvalue weighted by molar-refractivity contribution is -0.122. The van der Waals surface area contributed by atoms with Gasteiger partial charge >= 0.3 is 0 Å². The highest BCUT2D eigenvalue weighted by atomic mass is 79.9. The van der Waals surface area contributed by atoms with Crippen molar-refractivity contribution in [2.75, 3.05) is 27.9 Å². The van der Waals surface area contributed by atoms with Crippen molar-refractivity contribution in [1.82, 2.24) is 5.32 Å². The molecule has 0 aliphatic carbocycles. The summed E-state index contributed by atoms with van der Waals surface area (Å²) >= 11 is 3.50. The normalized spacial score (nSPS) is 12.7. The second-order valence-corrected chi connectivity index (χ2v) is 5.48. The molecule has 0 saturated heterocycles. The third kappa shape index (κ3) is 5.05. The molecule has 0 spiro atoms. The number of nitrogens with one attached hydrogen (secondary N) is 1. The lowest BCUT2D eigenvalue weighted by Crippen LogP contribution is -2.44. The Hall–Kier alpha value is -0.620. The van der Waals surface area contributed by atoms with Gasteiger partial charge in [-0.3, -0.25) is 0 Å². The number of halogens is 1. The largest absolute Gasteiger partial charge is 0.496 e. The number of hydrogen-bond acceptors (Lipinski definition) is 4. The number of hydrogen-bond donors (Lipinski definition) is 1. The zero-order chi connectivity index (χ0) is 15.0. The lowest BCUT2D eigenvalue weighted by atomic mass is 10.0. The van der Waals surface area contributed by atoms with Gasteiger partial charge in [0.05, 0.1) is 13.2 Å². The van der Waals surface area contributed by atoms with Gasteiger partial charge in [-0.2, -0.15) is 0 Å². The van der Waals surface area contributed by atoms with Gasteiger partial charge in [0.25, 0.3) is 0 Å². The van der Waals surface area contributed by atoms with Crippen LogP contribution in [0, 0.1) is 0 Å². The van der Waals surface area contributed by atoms with E-state index >= 15 is 0 Å².